The van der Waals surface area contributed by atoms with E-state index in [0.717, 1.165) is 5.56 Å². The van der Waals surface area contributed by atoms with Crippen LogP contribution in [0.4, 0.5) is 10.1 Å². The molecule has 0 saturated heterocycles. The summed E-state index contributed by atoms with van der Waals surface area (Å²) in [5, 5.41) is 1.26. The van der Waals surface area contributed by atoms with E-state index in [-0.39, 0.29) is 11.3 Å². The van der Waals surface area contributed by atoms with Gasteiger partial charge in [-0.1, -0.05) is 12.6 Å². The van der Waals surface area contributed by atoms with Crippen molar-refractivity contribution in [1.82, 2.24) is 4.57 Å². The Hall–Kier alpha value is -3.39. The van der Waals surface area contributed by atoms with Gasteiger partial charge in [0, 0.05) is 41.5 Å². The molecule has 1 heterocycles. The Morgan fingerprint density at radius 1 is 1.10 bits per heavy atom. The van der Waals surface area contributed by atoms with Crippen molar-refractivity contribution in [2.45, 2.75) is 6.92 Å². The molecule has 0 saturated carbocycles. The van der Waals surface area contributed by atoms with Crippen molar-refractivity contribution >= 4 is 16.7 Å². The third-order valence-electron chi connectivity index (χ3n) is 4.36. The summed E-state index contributed by atoms with van der Waals surface area (Å²) < 4.78 is 41.6. The topological polar surface area (TPSA) is 69.6 Å². The summed E-state index contributed by atoms with van der Waals surface area (Å²) in [4.78, 5) is 12.0. The molecule has 0 radical (unpaired) electrons. The number of anilines is 1. The monoisotopic (exact) mass is 428 g/mol. The highest BCUT2D eigenvalue weighted by atomic mass is 32.2. The summed E-state index contributed by atoms with van der Waals surface area (Å²) in [5.41, 5.74) is 2.12. The van der Waals surface area contributed by atoms with Crippen LogP contribution in [-0.2, 0) is 18.0 Å². The molecule has 6 nitrogen and oxygen atoms in total. The van der Waals surface area contributed by atoms with Crippen molar-refractivity contribution in [3.63, 3.8) is 0 Å². The number of pyridine rings is 1. The van der Waals surface area contributed by atoms with Gasteiger partial charge in [-0.3, -0.25) is 4.79 Å². The molecule has 2 aromatic carbocycles. The average molecular weight is 428 g/mol. The Kier molecular flexibility index (Phi) is 6.37. The van der Waals surface area contributed by atoms with Gasteiger partial charge in [-0.25, -0.2) is 8.60 Å². The number of nitrogens with one attached hydrogen (secondary N) is 1. The summed E-state index contributed by atoms with van der Waals surface area (Å²) in [7, 11) is 1.58. The van der Waals surface area contributed by atoms with Gasteiger partial charge < -0.3 is 18.8 Å². The third kappa shape index (κ3) is 4.60. The molecule has 0 aliphatic heterocycles. The number of aryl methyl sites for hydroxylation is 2. The first-order chi connectivity index (χ1) is 14.3. The van der Waals surface area contributed by atoms with Crippen LogP contribution in [-0.4, -0.2) is 15.9 Å². The number of methoxy groups -OCH3 is 1. The van der Waals surface area contributed by atoms with E-state index in [0.29, 0.717) is 28.3 Å². The van der Waals surface area contributed by atoms with Crippen molar-refractivity contribution in [2.24, 2.45) is 7.05 Å². The second-order valence-corrected chi connectivity index (χ2v) is 7.65. The number of halogens is 1. The summed E-state index contributed by atoms with van der Waals surface area (Å²) >= 11 is 0. The minimum Gasteiger partial charge on any atom is -0.496 e. The predicted octanol–water partition coefficient (Wildman–Crippen LogP) is 4.52. The number of ether oxygens (including phenoxy) is 2. The highest BCUT2D eigenvalue weighted by Crippen LogP contribution is 2.40. The second kappa shape index (κ2) is 8.96. The Labute approximate surface area is 176 Å². The molecule has 3 aromatic rings. The van der Waals surface area contributed by atoms with Crippen molar-refractivity contribution in [3.8, 4) is 28.4 Å². The second-order valence-electron chi connectivity index (χ2n) is 6.52. The van der Waals surface area contributed by atoms with Gasteiger partial charge in [0.1, 0.15) is 22.5 Å². The molecule has 0 aliphatic carbocycles. The van der Waals surface area contributed by atoms with Crippen LogP contribution in [0.1, 0.15) is 5.56 Å². The predicted molar refractivity (Wildman–Crippen MR) is 117 cm³/mol. The van der Waals surface area contributed by atoms with Gasteiger partial charge in [0.05, 0.1) is 7.11 Å². The number of benzene rings is 2. The molecule has 8 heteroatoms. The number of aromatic nitrogens is 1. The minimum absolute atomic E-state index is 0.0565. The van der Waals surface area contributed by atoms with Crippen LogP contribution in [0.2, 0.25) is 0 Å². The van der Waals surface area contributed by atoms with Crippen molar-refractivity contribution < 1.29 is 18.1 Å². The molecular formula is C22H21FN2O4S. The highest BCUT2D eigenvalue weighted by Gasteiger charge is 2.17. The Morgan fingerprint density at radius 2 is 1.83 bits per heavy atom. The van der Waals surface area contributed by atoms with Crippen molar-refractivity contribution in [3.05, 3.63) is 82.4 Å². The summed E-state index contributed by atoms with van der Waals surface area (Å²) in [6, 6.07) is 11.0. The van der Waals surface area contributed by atoms with E-state index in [4.69, 9.17) is 9.47 Å². The number of rotatable bonds is 7. The minimum atomic E-state index is -1.48. The molecule has 0 fully saturated rings. The molecular weight excluding hydrogens is 407 g/mol. The van der Waals surface area contributed by atoms with Crippen LogP contribution in [0.3, 0.4) is 0 Å². The van der Waals surface area contributed by atoms with Crippen LogP contribution in [0.5, 0.6) is 17.2 Å². The summed E-state index contributed by atoms with van der Waals surface area (Å²) in [6.45, 7) is 5.27. The summed E-state index contributed by atoms with van der Waals surface area (Å²) in [5.74, 6) is 0.225. The number of hydrogen-bond donors (Lipinski definition) is 1. The third-order valence-corrected chi connectivity index (χ3v) is 5.10. The molecule has 0 spiro atoms. The van der Waals surface area contributed by atoms with Gasteiger partial charge in [0.2, 0.25) is 0 Å². The fourth-order valence-electron chi connectivity index (χ4n) is 2.84. The maximum absolute atomic E-state index is 14.4. The number of hydrogen-bond acceptors (Lipinski definition) is 4. The zero-order chi connectivity index (χ0) is 21.8. The van der Waals surface area contributed by atoms with Gasteiger partial charge in [-0.15, -0.1) is 0 Å². The van der Waals surface area contributed by atoms with Crippen molar-refractivity contribution in [1.29, 1.82) is 0 Å². The molecule has 0 aliphatic rings. The van der Waals surface area contributed by atoms with Crippen LogP contribution in [0.15, 0.2) is 65.4 Å². The van der Waals surface area contributed by atoms with Crippen LogP contribution >= 0.6 is 0 Å². The fourth-order valence-corrected chi connectivity index (χ4v) is 3.28. The zero-order valence-electron chi connectivity index (χ0n) is 16.8. The van der Waals surface area contributed by atoms with Crippen molar-refractivity contribution in [2.75, 3.05) is 11.8 Å². The molecule has 0 bridgehead atoms. The lowest BCUT2D eigenvalue weighted by Crippen LogP contribution is -2.15. The van der Waals surface area contributed by atoms with E-state index in [1.54, 1.807) is 50.5 Å². The lowest BCUT2D eigenvalue weighted by Gasteiger charge is -2.17. The Bertz CT molecular complexity index is 1190. The van der Waals surface area contributed by atoms with Crippen LogP contribution in [0, 0.1) is 12.7 Å². The first-order valence-electron chi connectivity index (χ1n) is 8.95. The SMILES string of the molecule is C=CS(=O)Nc1ccc(Oc2ccc(C)cc2F)c(-c2cn(C)c(=O)cc2OC)c1. The molecule has 3 rings (SSSR count). The van der Waals surface area contributed by atoms with E-state index < -0.39 is 16.8 Å². The largest absolute Gasteiger partial charge is 0.496 e. The first kappa shape index (κ1) is 21.3. The maximum Gasteiger partial charge on any atom is 0.254 e. The molecule has 1 N–H and O–H groups in total. The molecule has 0 amide bonds. The van der Waals surface area contributed by atoms with E-state index in [1.807, 2.05) is 0 Å². The maximum atomic E-state index is 14.4. The molecule has 1 aromatic heterocycles. The Morgan fingerprint density at radius 3 is 2.50 bits per heavy atom. The molecule has 1 atom stereocenters. The zero-order valence-corrected chi connectivity index (χ0v) is 17.6. The molecule has 1 unspecified atom stereocenters. The van der Waals surface area contributed by atoms with Gasteiger partial charge >= 0.3 is 0 Å². The molecule has 30 heavy (non-hydrogen) atoms. The van der Waals surface area contributed by atoms with Gasteiger partial charge in [0.25, 0.3) is 5.56 Å². The average Bonchev–Trinajstić information content (AvgIpc) is 2.72. The van der Waals surface area contributed by atoms with Gasteiger partial charge in [-0.2, -0.15) is 0 Å². The lowest BCUT2D eigenvalue weighted by molar-refractivity contribution is 0.413. The van der Waals surface area contributed by atoms with E-state index in [1.165, 1.54) is 29.2 Å². The molecule has 156 valence electrons. The van der Waals surface area contributed by atoms with Gasteiger partial charge in [0.15, 0.2) is 11.6 Å². The van der Waals surface area contributed by atoms with Gasteiger partial charge in [-0.05, 0) is 42.8 Å². The standard InChI is InChI=1S/C22H21FN2O4S/c1-5-30(27)24-15-7-9-19(29-20-8-6-14(2)10-18(20)23)16(11-15)17-13-25(3)22(26)12-21(17)28-4/h5-13,24H,1H2,2-4H3. The van der Waals surface area contributed by atoms with E-state index in [9.17, 15) is 13.4 Å². The van der Waals surface area contributed by atoms with Crippen LogP contribution < -0.4 is 19.8 Å². The lowest BCUT2D eigenvalue weighted by atomic mass is 10.0. The summed E-state index contributed by atoms with van der Waals surface area (Å²) in [6.07, 6.45) is 1.60. The van der Waals surface area contributed by atoms with Crippen LogP contribution in [0.25, 0.3) is 11.1 Å². The van der Waals surface area contributed by atoms with E-state index in [2.05, 4.69) is 11.3 Å². The smallest absolute Gasteiger partial charge is 0.254 e. The normalized spacial score (nSPS) is 11.6. The highest BCUT2D eigenvalue weighted by molar-refractivity contribution is 7.89. The quantitative estimate of drug-likeness (QED) is 0.601. The fraction of sp³-hybridized carbons (Fsp3) is 0.136. The number of nitrogens with zero attached hydrogens (tertiary/aromatic N) is 1. The first-order valence-corrected chi connectivity index (χ1v) is 10.2. The van der Waals surface area contributed by atoms with E-state index >= 15 is 0 Å². The Balaban J connectivity index is 2.18.